The van der Waals surface area contributed by atoms with E-state index in [-0.39, 0.29) is 30.0 Å². The van der Waals surface area contributed by atoms with Crippen molar-refractivity contribution < 1.29 is 14.3 Å². The standard InChI is InChI=1S/C33H36N4O4S/c1-3-29(31(39)34-19-23-12-10-22(2)11-13-23)42-33-36-28-9-5-4-8-27(28)32(40)37(33)21-24-14-16-25(17-15-24)30(38)35-20-26-7-6-18-41-26/h4-5,8-17,26,29H,3,6-7,18-21H2,1-2H3,(H,34,39)(H,35,38)/t26-,29+/m0/s1. The van der Waals surface area contributed by atoms with Crippen molar-refractivity contribution in [2.45, 2.75) is 62.7 Å². The molecule has 1 aliphatic rings. The van der Waals surface area contributed by atoms with Crippen LogP contribution >= 0.6 is 11.8 Å². The summed E-state index contributed by atoms with van der Waals surface area (Å²) in [4.78, 5) is 44.3. The molecule has 218 valence electrons. The predicted octanol–water partition coefficient (Wildman–Crippen LogP) is 4.85. The lowest BCUT2D eigenvalue weighted by Crippen LogP contribution is -2.33. The summed E-state index contributed by atoms with van der Waals surface area (Å²) in [6.45, 7) is 5.92. The van der Waals surface area contributed by atoms with E-state index in [4.69, 9.17) is 9.72 Å². The van der Waals surface area contributed by atoms with Crippen LogP contribution in [0.1, 0.15) is 53.2 Å². The van der Waals surface area contributed by atoms with E-state index >= 15 is 0 Å². The molecule has 42 heavy (non-hydrogen) atoms. The summed E-state index contributed by atoms with van der Waals surface area (Å²) < 4.78 is 7.21. The van der Waals surface area contributed by atoms with Crippen LogP contribution in [-0.4, -0.2) is 45.9 Å². The molecule has 9 heteroatoms. The Labute approximate surface area is 249 Å². The molecule has 0 bridgehead atoms. The normalized spacial score (nSPS) is 15.4. The van der Waals surface area contributed by atoms with Gasteiger partial charge in [-0.05, 0) is 61.6 Å². The van der Waals surface area contributed by atoms with E-state index in [9.17, 15) is 14.4 Å². The molecule has 0 saturated carbocycles. The first-order valence-electron chi connectivity index (χ1n) is 14.4. The number of nitrogens with zero attached hydrogens (tertiary/aromatic N) is 2. The van der Waals surface area contributed by atoms with Crippen molar-refractivity contribution in [1.82, 2.24) is 20.2 Å². The van der Waals surface area contributed by atoms with E-state index in [0.29, 0.717) is 41.1 Å². The summed E-state index contributed by atoms with van der Waals surface area (Å²) in [5.74, 6) is -0.254. The van der Waals surface area contributed by atoms with Gasteiger partial charge in [0, 0.05) is 25.3 Å². The highest BCUT2D eigenvalue weighted by Gasteiger charge is 2.22. The van der Waals surface area contributed by atoms with Crippen LogP contribution in [0.25, 0.3) is 10.9 Å². The van der Waals surface area contributed by atoms with Crippen molar-refractivity contribution in [3.63, 3.8) is 0 Å². The van der Waals surface area contributed by atoms with Crippen LogP contribution in [0.3, 0.4) is 0 Å². The zero-order valence-electron chi connectivity index (χ0n) is 24.0. The Morgan fingerprint density at radius 2 is 1.76 bits per heavy atom. The average molecular weight is 585 g/mol. The monoisotopic (exact) mass is 584 g/mol. The predicted molar refractivity (Wildman–Crippen MR) is 166 cm³/mol. The lowest BCUT2D eigenvalue weighted by Gasteiger charge is -2.18. The molecule has 5 rings (SSSR count). The summed E-state index contributed by atoms with van der Waals surface area (Å²) in [6, 6.07) is 22.5. The van der Waals surface area contributed by atoms with Crippen molar-refractivity contribution >= 4 is 34.5 Å². The van der Waals surface area contributed by atoms with E-state index in [1.54, 1.807) is 22.8 Å². The Morgan fingerprint density at radius 3 is 2.48 bits per heavy atom. The molecule has 0 spiro atoms. The Balaban J connectivity index is 1.33. The first-order chi connectivity index (χ1) is 20.4. The third-order valence-corrected chi connectivity index (χ3v) is 8.75. The first-order valence-corrected chi connectivity index (χ1v) is 15.3. The Hall–Kier alpha value is -3.95. The lowest BCUT2D eigenvalue weighted by atomic mass is 10.1. The van der Waals surface area contributed by atoms with Gasteiger partial charge in [0.05, 0.1) is 28.8 Å². The molecule has 0 radical (unpaired) electrons. The fourth-order valence-corrected chi connectivity index (χ4v) is 5.93. The van der Waals surface area contributed by atoms with Crippen molar-refractivity contribution in [2.24, 2.45) is 0 Å². The van der Waals surface area contributed by atoms with Gasteiger partial charge in [-0.25, -0.2) is 4.98 Å². The smallest absolute Gasteiger partial charge is 0.262 e. The maximum Gasteiger partial charge on any atom is 0.262 e. The molecule has 2 heterocycles. The van der Waals surface area contributed by atoms with E-state index < -0.39 is 5.25 Å². The second-order valence-electron chi connectivity index (χ2n) is 10.6. The van der Waals surface area contributed by atoms with Gasteiger partial charge >= 0.3 is 0 Å². The number of hydrogen-bond acceptors (Lipinski definition) is 6. The number of para-hydroxylation sites is 1. The van der Waals surface area contributed by atoms with Crippen LogP contribution in [0.5, 0.6) is 0 Å². The van der Waals surface area contributed by atoms with Crippen LogP contribution in [0, 0.1) is 6.92 Å². The average Bonchev–Trinajstić information content (AvgIpc) is 3.54. The van der Waals surface area contributed by atoms with Gasteiger partial charge in [-0.3, -0.25) is 19.0 Å². The molecule has 0 aliphatic carbocycles. The topological polar surface area (TPSA) is 102 Å². The summed E-state index contributed by atoms with van der Waals surface area (Å²) in [5, 5.41) is 6.55. The second-order valence-corrected chi connectivity index (χ2v) is 11.7. The van der Waals surface area contributed by atoms with E-state index in [2.05, 4.69) is 10.6 Å². The third kappa shape index (κ3) is 7.27. The molecule has 2 amide bonds. The highest BCUT2D eigenvalue weighted by Crippen LogP contribution is 2.26. The molecule has 2 N–H and O–H groups in total. The van der Waals surface area contributed by atoms with Crippen LogP contribution in [0.4, 0.5) is 0 Å². The summed E-state index contributed by atoms with van der Waals surface area (Å²) in [5.41, 5.74) is 4.01. The number of thioether (sulfide) groups is 1. The summed E-state index contributed by atoms with van der Waals surface area (Å²) in [7, 11) is 0. The number of aryl methyl sites for hydroxylation is 1. The van der Waals surface area contributed by atoms with Crippen LogP contribution in [0.2, 0.25) is 0 Å². The number of amides is 2. The lowest BCUT2D eigenvalue weighted by molar-refractivity contribution is -0.120. The molecule has 1 saturated heterocycles. The molecular weight excluding hydrogens is 548 g/mol. The van der Waals surface area contributed by atoms with Crippen molar-refractivity contribution in [1.29, 1.82) is 0 Å². The fourth-order valence-electron chi connectivity index (χ4n) is 4.89. The van der Waals surface area contributed by atoms with Gasteiger partial charge in [0.15, 0.2) is 5.16 Å². The van der Waals surface area contributed by atoms with Crippen molar-refractivity contribution in [2.75, 3.05) is 13.2 Å². The zero-order valence-corrected chi connectivity index (χ0v) is 24.8. The Morgan fingerprint density at radius 1 is 1.02 bits per heavy atom. The number of ether oxygens (including phenoxy) is 1. The molecule has 1 aromatic heterocycles. The van der Waals surface area contributed by atoms with Crippen LogP contribution in [0.15, 0.2) is 82.7 Å². The minimum absolute atomic E-state index is 0.0769. The van der Waals surface area contributed by atoms with E-state index in [0.717, 1.165) is 30.6 Å². The molecule has 4 aromatic rings. The minimum atomic E-state index is -0.426. The SMILES string of the molecule is CC[C@@H](Sc1nc2ccccc2c(=O)n1Cc1ccc(C(=O)NC[C@@H]2CCCO2)cc1)C(=O)NCc1ccc(C)cc1. The second kappa shape index (κ2) is 13.8. The summed E-state index contributed by atoms with van der Waals surface area (Å²) >= 11 is 1.30. The van der Waals surface area contributed by atoms with E-state index in [1.807, 2.05) is 68.4 Å². The van der Waals surface area contributed by atoms with Gasteiger partial charge in [0.2, 0.25) is 5.91 Å². The molecule has 1 fully saturated rings. The number of rotatable bonds is 11. The highest BCUT2D eigenvalue weighted by molar-refractivity contribution is 8.00. The maximum atomic E-state index is 13.7. The van der Waals surface area contributed by atoms with Crippen molar-refractivity contribution in [3.8, 4) is 0 Å². The Bertz CT molecular complexity index is 1600. The molecule has 0 unspecified atom stereocenters. The number of aromatic nitrogens is 2. The number of carbonyl (C=O) groups excluding carboxylic acids is 2. The number of fused-ring (bicyclic) bond motifs is 1. The first kappa shape index (κ1) is 29.5. The number of hydrogen-bond donors (Lipinski definition) is 2. The van der Waals surface area contributed by atoms with Gasteiger partial charge < -0.3 is 15.4 Å². The Kier molecular flexibility index (Phi) is 9.71. The third-order valence-electron chi connectivity index (χ3n) is 7.40. The fraction of sp³-hybridized carbons (Fsp3) is 0.333. The van der Waals surface area contributed by atoms with Gasteiger partial charge in [0.25, 0.3) is 11.5 Å². The van der Waals surface area contributed by atoms with Crippen LogP contribution < -0.4 is 16.2 Å². The summed E-state index contributed by atoms with van der Waals surface area (Å²) in [6.07, 6.45) is 2.63. The number of benzene rings is 3. The maximum absolute atomic E-state index is 13.7. The van der Waals surface area contributed by atoms with Gasteiger partial charge in [0.1, 0.15) is 0 Å². The number of nitrogens with one attached hydrogen (secondary N) is 2. The van der Waals surface area contributed by atoms with Gasteiger partial charge in [-0.2, -0.15) is 0 Å². The molecule has 3 aromatic carbocycles. The quantitative estimate of drug-likeness (QED) is 0.193. The molecule has 2 atom stereocenters. The zero-order chi connectivity index (χ0) is 29.5. The molecular formula is C33H36N4O4S. The largest absolute Gasteiger partial charge is 0.376 e. The molecule has 8 nitrogen and oxygen atoms in total. The highest BCUT2D eigenvalue weighted by atomic mass is 32.2. The van der Waals surface area contributed by atoms with Crippen molar-refractivity contribution in [3.05, 3.63) is 105 Å². The number of carbonyl (C=O) groups is 2. The van der Waals surface area contributed by atoms with Gasteiger partial charge in [-0.15, -0.1) is 0 Å². The van der Waals surface area contributed by atoms with E-state index in [1.165, 1.54) is 17.3 Å². The van der Waals surface area contributed by atoms with Gasteiger partial charge in [-0.1, -0.05) is 72.8 Å². The van der Waals surface area contributed by atoms with Crippen LogP contribution in [-0.2, 0) is 22.6 Å². The minimum Gasteiger partial charge on any atom is -0.376 e. The molecule has 1 aliphatic heterocycles.